The zero-order valence-electron chi connectivity index (χ0n) is 43.0. The molecule has 23 nitrogen and oxygen atoms in total. The van der Waals surface area contributed by atoms with E-state index in [0.29, 0.717) is 0 Å². The fraction of sp³-hybridized carbons (Fsp3) is 0.765. The largest absolute Gasteiger partial charge is 0.507 e. The molecule has 2 aromatic rings. The van der Waals surface area contributed by atoms with Crippen molar-refractivity contribution in [2.45, 2.75) is 235 Å². The molecule has 6 aliphatic rings. The predicted molar refractivity (Wildman–Crippen MR) is 253 cm³/mol. The van der Waals surface area contributed by atoms with Crippen LogP contribution in [0.15, 0.2) is 12.1 Å². The molecular formula is C51H74O23. The van der Waals surface area contributed by atoms with Crippen molar-refractivity contribution in [3.05, 3.63) is 28.8 Å². The molecule has 20 unspecified atom stereocenters. The van der Waals surface area contributed by atoms with Gasteiger partial charge in [-0.2, -0.15) is 0 Å². The van der Waals surface area contributed by atoms with Crippen LogP contribution in [-0.2, 0) is 58.6 Å². The highest BCUT2D eigenvalue weighted by atomic mass is 16.7. The Balaban J connectivity index is 1.03. The Morgan fingerprint density at radius 3 is 1.70 bits per heavy atom. The van der Waals surface area contributed by atoms with E-state index in [-0.39, 0.29) is 71.7 Å². The highest BCUT2D eigenvalue weighted by Crippen LogP contribution is 2.48. The minimum atomic E-state index is -1.72. The number of carbonyl (C=O) groups excluding carboxylic acids is 2. The van der Waals surface area contributed by atoms with Crippen molar-refractivity contribution in [2.75, 3.05) is 7.11 Å². The van der Waals surface area contributed by atoms with Gasteiger partial charge in [-0.05, 0) is 84.9 Å². The summed E-state index contributed by atoms with van der Waals surface area (Å²) < 4.78 is 66.6. The third-order valence-corrected chi connectivity index (χ3v) is 15.6. The Morgan fingerprint density at radius 1 is 0.689 bits per heavy atom. The van der Waals surface area contributed by atoms with Gasteiger partial charge in [0.25, 0.3) is 0 Å². The Bertz CT molecular complexity index is 2300. The summed E-state index contributed by atoms with van der Waals surface area (Å²) in [6.45, 7) is 12.1. The third kappa shape index (κ3) is 11.5. The number of hydrogen-bond acceptors (Lipinski definition) is 23. The van der Waals surface area contributed by atoms with E-state index in [2.05, 4.69) is 0 Å². The summed E-state index contributed by atoms with van der Waals surface area (Å²) in [5, 5.41) is 110. The molecule has 24 atom stereocenters. The molecular weight excluding hydrogens is 981 g/mol. The molecule has 0 bridgehead atoms. The van der Waals surface area contributed by atoms with Crippen molar-refractivity contribution in [1.29, 1.82) is 0 Å². The first-order valence-corrected chi connectivity index (χ1v) is 25.4. The van der Waals surface area contributed by atoms with Gasteiger partial charge in [0.1, 0.15) is 60.0 Å². The van der Waals surface area contributed by atoms with Gasteiger partial charge in [0.05, 0.1) is 77.6 Å². The fourth-order valence-electron chi connectivity index (χ4n) is 11.2. The van der Waals surface area contributed by atoms with E-state index in [1.165, 1.54) is 27.0 Å². The first-order valence-electron chi connectivity index (χ1n) is 25.4. The number of fused-ring (bicyclic) bond motifs is 2. The molecule has 416 valence electrons. The smallest absolute Gasteiger partial charge is 0.202 e. The molecule has 2 aromatic carbocycles. The maximum absolute atomic E-state index is 14.9. The highest BCUT2D eigenvalue weighted by molar-refractivity contribution is 6.11. The van der Waals surface area contributed by atoms with E-state index in [9.17, 15) is 60.7 Å². The summed E-state index contributed by atoms with van der Waals surface area (Å²) in [6.07, 6.45) is -24.2. The maximum atomic E-state index is 14.9. The number of hydrogen-bond donors (Lipinski definition) is 10. The van der Waals surface area contributed by atoms with Crippen LogP contribution < -0.4 is 4.74 Å². The van der Waals surface area contributed by atoms with E-state index < -0.39 is 170 Å². The van der Waals surface area contributed by atoms with E-state index in [1.54, 1.807) is 40.7 Å². The number of ether oxygens (including phenoxy) is 11. The number of aliphatic hydroxyl groups is 8. The Kier molecular flexibility index (Phi) is 17.4. The molecule has 0 radical (unpaired) electrons. The second kappa shape index (κ2) is 22.6. The van der Waals surface area contributed by atoms with Gasteiger partial charge in [-0.25, -0.2) is 0 Å². The first-order chi connectivity index (χ1) is 34.8. The van der Waals surface area contributed by atoms with Crippen molar-refractivity contribution >= 4 is 22.3 Å². The fourth-order valence-corrected chi connectivity index (χ4v) is 11.2. The molecule has 8 rings (SSSR count). The number of phenolic OH excluding ortho intramolecular Hbond substituents is 2. The first kappa shape index (κ1) is 56.9. The van der Waals surface area contributed by atoms with Gasteiger partial charge in [-0.1, -0.05) is 0 Å². The predicted octanol–water partition coefficient (Wildman–Crippen LogP) is 0.390. The average molecular weight is 1060 g/mol. The van der Waals surface area contributed by atoms with Gasteiger partial charge < -0.3 is 103 Å². The maximum Gasteiger partial charge on any atom is 0.202 e. The van der Waals surface area contributed by atoms with Crippen molar-refractivity contribution in [1.82, 2.24) is 0 Å². The molecule has 5 heterocycles. The minimum Gasteiger partial charge on any atom is -0.507 e. The normalized spacial score (nSPS) is 42.9. The lowest BCUT2D eigenvalue weighted by atomic mass is 9.75. The SMILES string of the molecule is CO[C@@H]([C@@H]1Cc2cc3cc(OC4CC(OC5CC(O)C(O)C(C)O5)C(O)C(C)O4)c(C)c(O)c3c(O)c2C(=O)[C@H]1OC1CC(OC2CC(OC3CC(C)(O)C(O)C(C)O3)C(O)C(C)O2)C(O)C(C)O1)[C@@H](O)C(C)=O. The van der Waals surface area contributed by atoms with E-state index >= 15 is 0 Å². The van der Waals surface area contributed by atoms with Crippen LogP contribution in [0.1, 0.15) is 102 Å². The molecule has 1 aliphatic carbocycles. The van der Waals surface area contributed by atoms with Crippen molar-refractivity contribution in [3.63, 3.8) is 0 Å². The van der Waals surface area contributed by atoms with Gasteiger partial charge in [0.15, 0.2) is 36.7 Å². The van der Waals surface area contributed by atoms with Gasteiger partial charge in [0.2, 0.25) is 6.29 Å². The van der Waals surface area contributed by atoms with Crippen LogP contribution in [0.25, 0.3) is 10.8 Å². The second-order valence-electron chi connectivity index (χ2n) is 21.2. The lowest BCUT2D eigenvalue weighted by molar-refractivity contribution is -0.334. The van der Waals surface area contributed by atoms with Crippen molar-refractivity contribution in [2.24, 2.45) is 5.92 Å². The van der Waals surface area contributed by atoms with Gasteiger partial charge in [-0.3, -0.25) is 9.59 Å². The number of benzene rings is 2. The van der Waals surface area contributed by atoms with Crippen LogP contribution in [0.5, 0.6) is 17.2 Å². The van der Waals surface area contributed by atoms with Crippen LogP contribution in [0, 0.1) is 12.8 Å². The third-order valence-electron chi connectivity index (χ3n) is 15.6. The minimum absolute atomic E-state index is 0.0165. The summed E-state index contributed by atoms with van der Waals surface area (Å²) >= 11 is 0. The molecule has 0 amide bonds. The molecule has 10 N–H and O–H groups in total. The lowest BCUT2D eigenvalue weighted by Gasteiger charge is -2.46. The second-order valence-corrected chi connectivity index (χ2v) is 21.2. The van der Waals surface area contributed by atoms with E-state index in [1.807, 2.05) is 0 Å². The number of aromatic hydroxyl groups is 2. The Morgan fingerprint density at radius 2 is 1.18 bits per heavy atom. The van der Waals surface area contributed by atoms with E-state index in [4.69, 9.17) is 52.1 Å². The Hall–Kier alpha value is -3.28. The quantitative estimate of drug-likeness (QED) is 0.122. The summed E-state index contributed by atoms with van der Waals surface area (Å²) in [7, 11) is 1.26. The van der Waals surface area contributed by atoms with Gasteiger partial charge in [0, 0.05) is 50.7 Å². The zero-order valence-corrected chi connectivity index (χ0v) is 43.0. The number of phenols is 2. The van der Waals surface area contributed by atoms with Crippen LogP contribution in [0.4, 0.5) is 0 Å². The topological polar surface area (TPSA) is 338 Å². The van der Waals surface area contributed by atoms with Crippen LogP contribution in [0.2, 0.25) is 0 Å². The molecule has 5 saturated heterocycles. The molecule has 74 heavy (non-hydrogen) atoms. The molecule has 0 spiro atoms. The average Bonchev–Trinajstić information content (AvgIpc) is 3.32. The van der Waals surface area contributed by atoms with Gasteiger partial charge in [-0.15, -0.1) is 0 Å². The zero-order chi connectivity index (χ0) is 54.0. The molecule has 0 aromatic heterocycles. The highest BCUT2D eigenvalue weighted by Gasteiger charge is 2.51. The molecule has 5 aliphatic heterocycles. The van der Waals surface area contributed by atoms with Crippen LogP contribution >= 0.6 is 0 Å². The molecule has 0 saturated carbocycles. The van der Waals surface area contributed by atoms with Crippen LogP contribution in [0.3, 0.4) is 0 Å². The van der Waals surface area contributed by atoms with Gasteiger partial charge >= 0.3 is 0 Å². The summed E-state index contributed by atoms with van der Waals surface area (Å²) in [5.41, 5.74) is -1.31. The molecule has 5 fully saturated rings. The number of rotatable bonds is 14. The van der Waals surface area contributed by atoms with E-state index in [0.717, 1.165) is 6.92 Å². The van der Waals surface area contributed by atoms with Crippen molar-refractivity contribution in [3.8, 4) is 17.2 Å². The van der Waals surface area contributed by atoms with Crippen molar-refractivity contribution < 1.29 is 113 Å². The number of ketones is 2. The lowest BCUT2D eigenvalue weighted by Crippen LogP contribution is -2.58. The summed E-state index contributed by atoms with van der Waals surface area (Å²) in [6, 6.07) is 3.11. The monoisotopic (exact) mass is 1050 g/mol. The summed E-state index contributed by atoms with van der Waals surface area (Å²) in [5.74, 6) is -3.42. The van der Waals surface area contributed by atoms with Crippen LogP contribution in [-0.4, -0.2) is 211 Å². The number of methoxy groups -OCH3 is 1. The standard InChI is InChI=1S/C51H74O23/c1-18-29(70-34-14-30(43(57)21(4)66-34)71-33-13-28(53)42(56)20(3)65-33)12-26-10-25-11-27(48(64-9)41(55)19(2)52)49(47(61)39(25)46(60)38(26)40(18)54)74-36-16-31(44(58)23(6)68-36)72-35-15-32(45(59)22(5)67-35)73-37-17-51(8,63)50(62)24(7)69-37/h10,12,20-24,27-28,30-37,41-45,48-50,53-60,62-63H,11,13-17H2,1-9H3/t20?,21?,22?,23?,24?,27-,28?,30?,31?,32?,33?,34?,35?,36?,37?,41-,42?,43?,44?,45?,48-,49-,50?,51?/m0/s1. The number of Topliss-reactive ketones (excluding diaryl/α,β-unsaturated/α-hetero) is 2. The Labute approximate surface area is 428 Å². The number of carbonyl (C=O) groups is 2. The molecule has 23 heteroatoms. The summed E-state index contributed by atoms with van der Waals surface area (Å²) in [4.78, 5) is 27.7. The number of aliphatic hydroxyl groups excluding tert-OH is 7.